The molecule has 2 aromatic carbocycles. The van der Waals surface area contributed by atoms with Crippen LogP contribution < -0.4 is 10.2 Å². The minimum absolute atomic E-state index is 0.0751. The molecule has 5 rings (SSSR count). The van der Waals surface area contributed by atoms with E-state index in [1.807, 2.05) is 18.2 Å². The van der Waals surface area contributed by atoms with Crippen molar-refractivity contribution in [1.29, 1.82) is 0 Å². The fourth-order valence-electron chi connectivity index (χ4n) is 4.56. The molecule has 9 nitrogen and oxygen atoms in total. The van der Waals surface area contributed by atoms with Gasteiger partial charge in [0, 0.05) is 44.0 Å². The number of carbonyl (C=O) groups excluding carboxylic acids is 1. The second-order valence-electron chi connectivity index (χ2n) is 9.23. The number of amides is 1. The average molecular weight is 592 g/mol. The first-order chi connectivity index (χ1) is 20.1. The summed E-state index contributed by atoms with van der Waals surface area (Å²) in [6.07, 6.45) is 5.49. The number of alkyl halides is 3. The van der Waals surface area contributed by atoms with Crippen LogP contribution in [0.3, 0.4) is 0 Å². The fraction of sp³-hybridized carbons (Fsp3) is 0.286. The van der Waals surface area contributed by atoms with Gasteiger partial charge in [-0.3, -0.25) is 9.78 Å². The van der Waals surface area contributed by atoms with Crippen molar-refractivity contribution < 1.29 is 41.4 Å². The Labute approximate surface area is 236 Å². The Morgan fingerprint density at radius 1 is 1.00 bits per heavy atom. The minimum Gasteiger partial charge on any atom is -0.480 e. The highest BCUT2D eigenvalue weighted by Crippen LogP contribution is 2.23. The number of hydrogen-bond acceptors (Lipinski definition) is 6. The summed E-state index contributed by atoms with van der Waals surface area (Å²) in [6.45, 7) is -1.86. The van der Waals surface area contributed by atoms with Crippen molar-refractivity contribution in [3.05, 3.63) is 95.1 Å². The van der Waals surface area contributed by atoms with Crippen LogP contribution in [-0.2, 0) is 22.4 Å². The van der Waals surface area contributed by atoms with Crippen molar-refractivity contribution in [2.45, 2.75) is 25.6 Å². The van der Waals surface area contributed by atoms with Crippen molar-refractivity contribution in [2.75, 3.05) is 31.2 Å². The highest BCUT2D eigenvalue weighted by Gasteiger charge is 2.26. The zero-order valence-corrected chi connectivity index (χ0v) is 22.0. The van der Waals surface area contributed by atoms with Gasteiger partial charge in [0.2, 0.25) is 0 Å². The smallest absolute Gasteiger partial charge is 0.379 e. The first-order valence-electron chi connectivity index (χ1n) is 12.7. The molecule has 0 saturated carbocycles. The Balaban J connectivity index is 0.000000952. The summed E-state index contributed by atoms with van der Waals surface area (Å²) in [7, 11) is 0. The number of anilines is 1. The van der Waals surface area contributed by atoms with E-state index in [0.717, 1.165) is 28.9 Å². The summed E-state index contributed by atoms with van der Waals surface area (Å²) in [4.78, 5) is 30.9. The zero-order chi connectivity index (χ0) is 30.2. The van der Waals surface area contributed by atoms with E-state index in [-0.39, 0.29) is 6.42 Å². The second-order valence-corrected chi connectivity index (χ2v) is 9.23. The van der Waals surface area contributed by atoms with E-state index in [4.69, 9.17) is 4.74 Å². The van der Waals surface area contributed by atoms with Crippen LogP contribution in [-0.4, -0.2) is 70.6 Å². The molecule has 1 saturated heterocycles. The Bertz CT molecular complexity index is 1520. The van der Waals surface area contributed by atoms with Crippen LogP contribution in [0.15, 0.2) is 61.1 Å². The normalized spacial score (nSPS) is 13.9. The number of carbonyl (C=O) groups is 2. The highest BCUT2D eigenvalue weighted by molar-refractivity contribution is 5.97. The van der Waals surface area contributed by atoms with Crippen LogP contribution in [0.2, 0.25) is 0 Å². The summed E-state index contributed by atoms with van der Waals surface area (Å²) < 4.78 is 65.6. The number of hydrogen-bond donors (Lipinski definition) is 2. The SMILES string of the molecule is FC(F)F.O=C(NC(Cc1cccc(Cc2nccn3nccc23)c1)C(=O)O)c1c(F)cc(N2CCOCC2)cc1F. The van der Waals surface area contributed by atoms with E-state index in [0.29, 0.717) is 44.0 Å². The maximum absolute atomic E-state index is 14.8. The molecule has 2 aromatic heterocycles. The first-order valence-corrected chi connectivity index (χ1v) is 12.7. The number of benzene rings is 2. The monoisotopic (exact) mass is 591 g/mol. The standard InChI is InChI=1S/C27H25F2N5O4.CHF3/c28-20-15-19(33-8-10-38-11-9-33)16-21(29)25(20)26(35)32-23(27(36)37)14-18-3-1-2-17(12-18)13-22-24-4-5-31-34(24)7-6-30-22;2-1(3)4/h1-7,12,15-16,23H,8-11,13-14H2,(H,32,35)(H,36,37);1H. The summed E-state index contributed by atoms with van der Waals surface area (Å²) in [6, 6.07) is 9.85. The lowest BCUT2D eigenvalue weighted by Gasteiger charge is -2.29. The van der Waals surface area contributed by atoms with Crippen LogP contribution in [0.1, 0.15) is 27.2 Å². The van der Waals surface area contributed by atoms with Gasteiger partial charge >= 0.3 is 12.6 Å². The van der Waals surface area contributed by atoms with Gasteiger partial charge in [0.15, 0.2) is 0 Å². The lowest BCUT2D eigenvalue weighted by atomic mass is 10.0. The number of aliphatic carboxylic acids is 1. The zero-order valence-electron chi connectivity index (χ0n) is 22.0. The topological polar surface area (TPSA) is 109 Å². The highest BCUT2D eigenvalue weighted by atomic mass is 19.4. The third-order valence-corrected chi connectivity index (χ3v) is 6.44. The van der Waals surface area contributed by atoms with Gasteiger partial charge in [-0.15, -0.1) is 0 Å². The van der Waals surface area contributed by atoms with E-state index < -0.39 is 41.8 Å². The fourth-order valence-corrected chi connectivity index (χ4v) is 4.56. The minimum atomic E-state index is -3.67. The molecule has 1 fully saturated rings. The van der Waals surface area contributed by atoms with Gasteiger partial charge in [-0.1, -0.05) is 24.3 Å². The summed E-state index contributed by atoms with van der Waals surface area (Å²) >= 11 is 0. The number of fused-ring (bicyclic) bond motifs is 1. The predicted octanol–water partition coefficient (Wildman–Crippen LogP) is 4.04. The first kappa shape index (κ1) is 30.4. The largest absolute Gasteiger partial charge is 0.480 e. The van der Waals surface area contributed by atoms with Gasteiger partial charge in [-0.2, -0.15) is 18.3 Å². The lowest BCUT2D eigenvalue weighted by molar-refractivity contribution is -0.139. The van der Waals surface area contributed by atoms with Gasteiger partial charge in [0.05, 0.1) is 30.6 Å². The average Bonchev–Trinajstić information content (AvgIpc) is 3.43. The molecule has 42 heavy (non-hydrogen) atoms. The molecule has 0 bridgehead atoms. The van der Waals surface area contributed by atoms with Crippen molar-refractivity contribution >= 4 is 23.1 Å². The molecule has 1 aliphatic rings. The van der Waals surface area contributed by atoms with E-state index >= 15 is 0 Å². The molecule has 1 amide bonds. The number of morpholine rings is 1. The van der Waals surface area contributed by atoms with E-state index in [9.17, 15) is 36.6 Å². The number of rotatable bonds is 8. The molecule has 1 aliphatic heterocycles. The summed E-state index contributed by atoms with van der Waals surface area (Å²) in [5.74, 6) is -4.57. The molecule has 14 heteroatoms. The molecule has 1 atom stereocenters. The van der Waals surface area contributed by atoms with E-state index in [2.05, 4.69) is 15.4 Å². The van der Waals surface area contributed by atoms with Crippen molar-refractivity contribution in [1.82, 2.24) is 19.9 Å². The number of nitrogens with one attached hydrogen (secondary N) is 1. The third kappa shape index (κ3) is 7.78. The molecule has 0 spiro atoms. The molecule has 3 heterocycles. The number of nitrogens with zero attached hydrogens (tertiary/aromatic N) is 4. The molecule has 0 radical (unpaired) electrons. The van der Waals surface area contributed by atoms with Crippen LogP contribution in [0.25, 0.3) is 5.52 Å². The second kappa shape index (κ2) is 13.9. The van der Waals surface area contributed by atoms with Crippen LogP contribution in [0.4, 0.5) is 27.6 Å². The summed E-state index contributed by atoms with van der Waals surface area (Å²) in [5, 5.41) is 16.2. The van der Waals surface area contributed by atoms with Gasteiger partial charge < -0.3 is 20.1 Å². The summed E-state index contributed by atoms with van der Waals surface area (Å²) in [5.41, 5.74) is 2.67. The molecule has 222 valence electrons. The number of ether oxygens (including phenoxy) is 1. The van der Waals surface area contributed by atoms with Crippen LogP contribution in [0.5, 0.6) is 0 Å². The molecule has 4 aromatic rings. The maximum atomic E-state index is 14.8. The van der Waals surface area contributed by atoms with Gasteiger partial charge in [0.25, 0.3) is 5.91 Å². The molecule has 2 N–H and O–H groups in total. The molecular formula is C28H26F5N5O4. The maximum Gasteiger partial charge on any atom is 0.379 e. The number of aromatic nitrogens is 3. The van der Waals surface area contributed by atoms with Crippen LogP contribution >= 0.6 is 0 Å². The number of carboxylic acids is 1. The van der Waals surface area contributed by atoms with Gasteiger partial charge in [0.1, 0.15) is 23.2 Å². The Hall–Kier alpha value is -4.59. The van der Waals surface area contributed by atoms with Crippen molar-refractivity contribution in [2.24, 2.45) is 0 Å². The van der Waals surface area contributed by atoms with Gasteiger partial charge in [-0.25, -0.2) is 18.1 Å². The van der Waals surface area contributed by atoms with E-state index in [1.165, 1.54) is 0 Å². The van der Waals surface area contributed by atoms with E-state index in [1.54, 1.807) is 40.1 Å². The Morgan fingerprint density at radius 3 is 2.33 bits per heavy atom. The van der Waals surface area contributed by atoms with Crippen LogP contribution in [0, 0.1) is 11.6 Å². The third-order valence-electron chi connectivity index (χ3n) is 6.44. The molecule has 1 unspecified atom stereocenters. The number of halogens is 5. The Kier molecular flexibility index (Phi) is 10.0. The van der Waals surface area contributed by atoms with Crippen molar-refractivity contribution in [3.63, 3.8) is 0 Å². The van der Waals surface area contributed by atoms with Gasteiger partial charge in [-0.05, 0) is 29.3 Å². The lowest BCUT2D eigenvalue weighted by Crippen LogP contribution is -2.43. The predicted molar refractivity (Wildman–Crippen MR) is 141 cm³/mol. The molecular weight excluding hydrogens is 565 g/mol. The van der Waals surface area contributed by atoms with Crippen molar-refractivity contribution in [3.8, 4) is 0 Å². The Morgan fingerprint density at radius 2 is 1.67 bits per heavy atom. The molecule has 0 aliphatic carbocycles. The number of carboxylic acid groups (broad SMARTS) is 1. The quantitative estimate of drug-likeness (QED) is 0.298.